The lowest BCUT2D eigenvalue weighted by molar-refractivity contribution is 0.0992. The summed E-state index contributed by atoms with van der Waals surface area (Å²) in [6.45, 7) is 2.08. The zero-order valence-corrected chi connectivity index (χ0v) is 17.0. The topological polar surface area (TPSA) is 45.5 Å². The molecule has 4 aromatic rings. The molecule has 5 heteroatoms. The Morgan fingerprint density at radius 1 is 0.742 bits per heavy atom. The van der Waals surface area contributed by atoms with E-state index in [1.54, 1.807) is 6.07 Å². The summed E-state index contributed by atoms with van der Waals surface area (Å²) in [4.78, 5) is 14.7. The van der Waals surface area contributed by atoms with E-state index in [0.29, 0.717) is 18.0 Å². The molecule has 4 nitrogen and oxygen atoms in total. The number of halogens is 1. The molecule has 0 radical (unpaired) electrons. The Morgan fingerprint density at radius 3 is 1.90 bits per heavy atom. The summed E-state index contributed by atoms with van der Waals surface area (Å²) in [6, 6.07) is 29.6. The molecule has 3 aromatic carbocycles. The molecule has 1 aromatic heterocycles. The van der Waals surface area contributed by atoms with Gasteiger partial charge in [0.25, 0.3) is 5.91 Å². The first-order valence-electron chi connectivity index (χ1n) is 10.1. The molecular weight excluding hydrogens is 391 g/mol. The standard InChI is InChI=1S/C26H23FN2O2/c27-22-11-13-23(14-12-22)28-26(30)25-16-15-24(31-25)19-29(17-20-7-3-1-4-8-20)18-21-9-5-2-6-10-21/h1-16H,17-19H2,(H,28,30). The van der Waals surface area contributed by atoms with Gasteiger partial charge in [0.05, 0.1) is 6.54 Å². The number of nitrogens with zero attached hydrogens (tertiary/aromatic N) is 1. The minimum atomic E-state index is -0.365. The van der Waals surface area contributed by atoms with Crippen LogP contribution in [0.5, 0.6) is 0 Å². The Morgan fingerprint density at radius 2 is 1.32 bits per heavy atom. The van der Waals surface area contributed by atoms with Crippen LogP contribution in [0.25, 0.3) is 0 Å². The summed E-state index contributed by atoms with van der Waals surface area (Å²) in [5, 5.41) is 2.72. The smallest absolute Gasteiger partial charge is 0.291 e. The van der Waals surface area contributed by atoms with Gasteiger partial charge in [0.15, 0.2) is 5.76 Å². The fourth-order valence-corrected chi connectivity index (χ4v) is 3.38. The number of rotatable bonds is 8. The van der Waals surface area contributed by atoms with E-state index in [-0.39, 0.29) is 17.5 Å². The van der Waals surface area contributed by atoms with E-state index in [0.717, 1.165) is 13.1 Å². The van der Waals surface area contributed by atoms with Gasteiger partial charge in [-0.15, -0.1) is 0 Å². The molecular formula is C26H23FN2O2. The predicted molar refractivity (Wildman–Crippen MR) is 119 cm³/mol. The van der Waals surface area contributed by atoms with Gasteiger partial charge >= 0.3 is 0 Å². The maximum absolute atomic E-state index is 13.0. The average molecular weight is 414 g/mol. The minimum absolute atomic E-state index is 0.221. The molecule has 1 amide bonds. The number of anilines is 1. The van der Waals surface area contributed by atoms with Crippen molar-refractivity contribution in [2.24, 2.45) is 0 Å². The molecule has 0 aliphatic heterocycles. The number of hydrogen-bond donors (Lipinski definition) is 1. The van der Waals surface area contributed by atoms with Crippen molar-refractivity contribution in [2.75, 3.05) is 5.32 Å². The van der Waals surface area contributed by atoms with Crippen molar-refractivity contribution >= 4 is 11.6 Å². The Hall–Kier alpha value is -3.70. The minimum Gasteiger partial charge on any atom is -0.455 e. The van der Waals surface area contributed by atoms with Gasteiger partial charge in [-0.1, -0.05) is 60.7 Å². The summed E-state index contributed by atoms with van der Waals surface area (Å²) in [5.41, 5.74) is 2.93. The van der Waals surface area contributed by atoms with Crippen molar-refractivity contribution in [1.29, 1.82) is 0 Å². The average Bonchev–Trinajstić information content (AvgIpc) is 3.25. The molecule has 0 fully saturated rings. The highest BCUT2D eigenvalue weighted by molar-refractivity contribution is 6.02. The van der Waals surface area contributed by atoms with E-state index < -0.39 is 0 Å². The summed E-state index contributed by atoms with van der Waals surface area (Å²) in [5.74, 6) is 0.209. The van der Waals surface area contributed by atoms with Crippen molar-refractivity contribution in [3.63, 3.8) is 0 Å². The third kappa shape index (κ3) is 5.90. The third-order valence-electron chi connectivity index (χ3n) is 4.86. The Labute approximate surface area is 180 Å². The SMILES string of the molecule is O=C(Nc1ccc(F)cc1)c1ccc(CN(Cc2ccccc2)Cc2ccccc2)o1. The lowest BCUT2D eigenvalue weighted by Gasteiger charge is -2.21. The second-order valence-electron chi connectivity index (χ2n) is 7.34. The highest BCUT2D eigenvalue weighted by Crippen LogP contribution is 2.17. The summed E-state index contributed by atoms with van der Waals surface area (Å²) < 4.78 is 18.9. The van der Waals surface area contributed by atoms with E-state index in [2.05, 4.69) is 34.5 Å². The molecule has 0 saturated carbocycles. The number of amides is 1. The van der Waals surface area contributed by atoms with Crippen LogP contribution in [0.15, 0.2) is 101 Å². The lowest BCUT2D eigenvalue weighted by atomic mass is 10.1. The van der Waals surface area contributed by atoms with Crippen LogP contribution in [0.3, 0.4) is 0 Å². The van der Waals surface area contributed by atoms with Crippen LogP contribution in [-0.2, 0) is 19.6 Å². The van der Waals surface area contributed by atoms with Crippen molar-refractivity contribution in [2.45, 2.75) is 19.6 Å². The molecule has 0 saturated heterocycles. The zero-order chi connectivity index (χ0) is 21.5. The monoisotopic (exact) mass is 414 g/mol. The van der Waals surface area contributed by atoms with Gasteiger partial charge in [-0.25, -0.2) is 4.39 Å². The van der Waals surface area contributed by atoms with Gasteiger partial charge < -0.3 is 9.73 Å². The molecule has 0 aliphatic rings. The fraction of sp³-hybridized carbons (Fsp3) is 0.115. The third-order valence-corrected chi connectivity index (χ3v) is 4.86. The number of nitrogens with one attached hydrogen (secondary N) is 1. The van der Waals surface area contributed by atoms with E-state index in [4.69, 9.17) is 4.42 Å². The molecule has 0 unspecified atom stereocenters. The fourth-order valence-electron chi connectivity index (χ4n) is 3.38. The van der Waals surface area contributed by atoms with Gasteiger partial charge in [-0.05, 0) is 47.5 Å². The summed E-state index contributed by atoms with van der Waals surface area (Å²) in [6.07, 6.45) is 0. The Balaban J connectivity index is 1.45. The number of carbonyl (C=O) groups is 1. The summed E-state index contributed by atoms with van der Waals surface area (Å²) in [7, 11) is 0. The molecule has 0 bridgehead atoms. The van der Waals surface area contributed by atoms with Gasteiger partial charge in [0.1, 0.15) is 11.6 Å². The van der Waals surface area contributed by atoms with Crippen molar-refractivity contribution in [1.82, 2.24) is 4.90 Å². The number of hydrogen-bond acceptors (Lipinski definition) is 3. The predicted octanol–water partition coefficient (Wildman–Crippen LogP) is 5.87. The van der Waals surface area contributed by atoms with E-state index in [1.807, 2.05) is 42.5 Å². The highest BCUT2D eigenvalue weighted by atomic mass is 19.1. The molecule has 0 atom stereocenters. The van der Waals surface area contributed by atoms with E-state index in [9.17, 15) is 9.18 Å². The first-order valence-corrected chi connectivity index (χ1v) is 10.1. The van der Waals surface area contributed by atoms with Crippen molar-refractivity contribution < 1.29 is 13.6 Å². The molecule has 1 heterocycles. The van der Waals surface area contributed by atoms with Crippen LogP contribution < -0.4 is 5.32 Å². The maximum atomic E-state index is 13.0. The molecule has 1 N–H and O–H groups in total. The normalized spacial score (nSPS) is 10.9. The van der Waals surface area contributed by atoms with Gasteiger partial charge in [0, 0.05) is 18.8 Å². The Bertz CT molecular complexity index is 1070. The molecule has 4 rings (SSSR count). The zero-order valence-electron chi connectivity index (χ0n) is 17.0. The second kappa shape index (κ2) is 9.87. The number of benzene rings is 3. The first-order chi connectivity index (χ1) is 15.2. The van der Waals surface area contributed by atoms with Crippen LogP contribution in [0.4, 0.5) is 10.1 Å². The lowest BCUT2D eigenvalue weighted by Crippen LogP contribution is -2.22. The second-order valence-corrected chi connectivity index (χ2v) is 7.34. The van der Waals surface area contributed by atoms with Gasteiger partial charge in [0.2, 0.25) is 0 Å². The number of furan rings is 1. The largest absolute Gasteiger partial charge is 0.455 e. The Kier molecular flexibility index (Phi) is 6.55. The van der Waals surface area contributed by atoms with Crippen LogP contribution in [-0.4, -0.2) is 10.8 Å². The molecule has 31 heavy (non-hydrogen) atoms. The molecule has 0 spiro atoms. The van der Waals surface area contributed by atoms with Crippen LogP contribution in [0.2, 0.25) is 0 Å². The quantitative estimate of drug-likeness (QED) is 0.392. The first kappa shape index (κ1) is 20.6. The summed E-state index contributed by atoms with van der Waals surface area (Å²) >= 11 is 0. The van der Waals surface area contributed by atoms with E-state index >= 15 is 0 Å². The van der Waals surface area contributed by atoms with Crippen LogP contribution in [0, 0.1) is 5.82 Å². The molecule has 0 aliphatic carbocycles. The van der Waals surface area contributed by atoms with Crippen molar-refractivity contribution in [3.05, 3.63) is 126 Å². The van der Waals surface area contributed by atoms with Gasteiger partial charge in [-0.3, -0.25) is 9.69 Å². The number of carbonyl (C=O) groups excluding carboxylic acids is 1. The highest BCUT2D eigenvalue weighted by Gasteiger charge is 2.15. The van der Waals surface area contributed by atoms with E-state index in [1.165, 1.54) is 35.4 Å². The maximum Gasteiger partial charge on any atom is 0.291 e. The van der Waals surface area contributed by atoms with Crippen molar-refractivity contribution in [3.8, 4) is 0 Å². The van der Waals surface area contributed by atoms with Crippen LogP contribution in [0.1, 0.15) is 27.4 Å². The van der Waals surface area contributed by atoms with Gasteiger partial charge in [-0.2, -0.15) is 0 Å². The van der Waals surface area contributed by atoms with Crippen LogP contribution >= 0.6 is 0 Å². The molecule has 156 valence electrons.